The van der Waals surface area contributed by atoms with E-state index in [2.05, 4.69) is 27.7 Å². The van der Waals surface area contributed by atoms with Crippen LogP contribution in [0.4, 0.5) is 0 Å². The molecule has 2 heteroatoms. The van der Waals surface area contributed by atoms with Crippen LogP contribution < -0.4 is 9.47 Å². The van der Waals surface area contributed by atoms with Crippen molar-refractivity contribution in [1.82, 2.24) is 0 Å². The first kappa shape index (κ1) is 20.6. The number of allylic oxidation sites excluding steroid dienone is 2. The lowest BCUT2D eigenvalue weighted by Crippen LogP contribution is -2.19. The fourth-order valence-electron chi connectivity index (χ4n) is 3.61. The van der Waals surface area contributed by atoms with Gasteiger partial charge in [0, 0.05) is 0 Å². The fraction of sp³-hybridized carbons (Fsp3) is 0.636. The zero-order chi connectivity index (χ0) is 18.2. The molecular formula is C22H36O2. The van der Waals surface area contributed by atoms with Crippen LogP contribution in [0, 0.1) is 12.3 Å². The maximum Gasteiger partial charge on any atom is 0.161 e. The summed E-state index contributed by atoms with van der Waals surface area (Å²) < 4.78 is 10.7. The summed E-state index contributed by atoms with van der Waals surface area (Å²) in [6, 6.07) is 5.96. The Hall–Kier alpha value is -1.44. The Bertz CT molecular complexity index is 541. The Kier molecular flexibility index (Phi) is 8.38. The quantitative estimate of drug-likeness (QED) is 0.532. The van der Waals surface area contributed by atoms with Crippen molar-refractivity contribution in [2.75, 3.05) is 13.2 Å². The van der Waals surface area contributed by atoms with Gasteiger partial charge in [0.25, 0.3) is 0 Å². The van der Waals surface area contributed by atoms with Crippen LogP contribution in [0.25, 0.3) is 0 Å². The molecule has 2 aliphatic rings. The summed E-state index contributed by atoms with van der Waals surface area (Å²) in [6.07, 6.45) is 5.36. The van der Waals surface area contributed by atoms with Crippen LogP contribution >= 0.6 is 0 Å². The average Bonchev–Trinajstić information content (AvgIpc) is 2.56. The zero-order valence-electron chi connectivity index (χ0n) is 16.8. The van der Waals surface area contributed by atoms with E-state index in [-0.39, 0.29) is 0 Å². The first-order chi connectivity index (χ1) is 11.4. The zero-order valence-corrected chi connectivity index (χ0v) is 16.8. The predicted octanol–water partition coefficient (Wildman–Crippen LogP) is 6.72. The minimum atomic E-state index is 0.497. The lowest BCUT2D eigenvalue weighted by Gasteiger charge is -2.34. The Morgan fingerprint density at radius 1 is 1.00 bits per heavy atom. The highest BCUT2D eigenvalue weighted by Gasteiger charge is 2.26. The van der Waals surface area contributed by atoms with Crippen LogP contribution in [0.1, 0.15) is 72.8 Å². The van der Waals surface area contributed by atoms with Gasteiger partial charge >= 0.3 is 0 Å². The van der Waals surface area contributed by atoms with E-state index in [9.17, 15) is 0 Å². The molecule has 1 aromatic rings. The van der Waals surface area contributed by atoms with Crippen molar-refractivity contribution >= 4 is 0 Å². The molecule has 1 aliphatic carbocycles. The van der Waals surface area contributed by atoms with E-state index in [1.54, 1.807) is 11.1 Å². The Morgan fingerprint density at radius 3 is 2.17 bits per heavy atom. The van der Waals surface area contributed by atoms with Crippen molar-refractivity contribution in [2.24, 2.45) is 5.41 Å². The van der Waals surface area contributed by atoms with Gasteiger partial charge in [0.2, 0.25) is 0 Å². The summed E-state index contributed by atoms with van der Waals surface area (Å²) >= 11 is 0. The highest BCUT2D eigenvalue weighted by Crippen LogP contribution is 2.41. The van der Waals surface area contributed by atoms with Gasteiger partial charge in [0.1, 0.15) is 13.2 Å². The van der Waals surface area contributed by atoms with Crippen LogP contribution in [0.5, 0.6) is 11.5 Å². The highest BCUT2D eigenvalue weighted by atomic mass is 16.6. The number of fused-ring (bicyclic) bond motifs is 1. The summed E-state index contributed by atoms with van der Waals surface area (Å²) in [5.74, 6) is 1.73. The molecule has 3 rings (SSSR count). The lowest BCUT2D eigenvalue weighted by atomic mass is 9.72. The van der Waals surface area contributed by atoms with Gasteiger partial charge in [-0.25, -0.2) is 0 Å². The lowest BCUT2D eigenvalue weighted by molar-refractivity contribution is 0.171. The molecule has 0 bridgehead atoms. The van der Waals surface area contributed by atoms with Crippen LogP contribution in [-0.2, 0) is 0 Å². The van der Waals surface area contributed by atoms with E-state index in [4.69, 9.17) is 9.47 Å². The van der Waals surface area contributed by atoms with Gasteiger partial charge < -0.3 is 9.47 Å². The predicted molar refractivity (Wildman–Crippen MR) is 104 cm³/mol. The molecule has 0 saturated carbocycles. The average molecular weight is 333 g/mol. The highest BCUT2D eigenvalue weighted by molar-refractivity contribution is 5.43. The molecule has 0 radical (unpaired) electrons. The number of aryl methyl sites for hydroxylation is 1. The molecule has 0 aromatic heterocycles. The molecule has 0 unspecified atom stereocenters. The monoisotopic (exact) mass is 332 g/mol. The second kappa shape index (κ2) is 9.76. The standard InChI is InChI=1S/C11H20.C9H10O2.C2H6/c1-5-10-9(2)7-6-8-11(10,3)4;1-7-2-3-8-9(6-7)11-5-4-10-8;1-2/h5-8H2,1-4H3;2-3,6H,4-5H2,1H3;1-2H3. The second-order valence-electron chi connectivity index (χ2n) is 7.00. The van der Waals surface area contributed by atoms with Crippen molar-refractivity contribution in [3.63, 3.8) is 0 Å². The Morgan fingerprint density at radius 2 is 1.62 bits per heavy atom. The second-order valence-corrected chi connectivity index (χ2v) is 7.00. The molecule has 2 nitrogen and oxygen atoms in total. The van der Waals surface area contributed by atoms with Gasteiger partial charge in [-0.1, -0.05) is 51.8 Å². The van der Waals surface area contributed by atoms with Crippen LogP contribution in [0.3, 0.4) is 0 Å². The summed E-state index contributed by atoms with van der Waals surface area (Å²) in [6.45, 7) is 16.7. The van der Waals surface area contributed by atoms with Gasteiger partial charge in [-0.3, -0.25) is 0 Å². The summed E-state index contributed by atoms with van der Waals surface area (Å²) in [7, 11) is 0. The molecule has 0 atom stereocenters. The number of rotatable bonds is 1. The molecular weight excluding hydrogens is 296 g/mol. The molecule has 0 fully saturated rings. The van der Waals surface area contributed by atoms with Crippen molar-refractivity contribution in [3.05, 3.63) is 34.9 Å². The van der Waals surface area contributed by atoms with E-state index < -0.39 is 0 Å². The molecule has 1 aromatic carbocycles. The summed E-state index contributed by atoms with van der Waals surface area (Å²) in [5.41, 5.74) is 5.07. The van der Waals surface area contributed by atoms with E-state index in [1.807, 2.05) is 39.0 Å². The third kappa shape index (κ3) is 5.58. The normalized spacial score (nSPS) is 18.0. The van der Waals surface area contributed by atoms with Crippen molar-refractivity contribution < 1.29 is 9.47 Å². The molecule has 1 heterocycles. The van der Waals surface area contributed by atoms with Crippen LogP contribution in [0.2, 0.25) is 0 Å². The van der Waals surface area contributed by atoms with E-state index in [0.29, 0.717) is 18.6 Å². The molecule has 1 aliphatic heterocycles. The third-order valence-electron chi connectivity index (χ3n) is 4.74. The van der Waals surface area contributed by atoms with Gasteiger partial charge in [-0.2, -0.15) is 0 Å². The maximum atomic E-state index is 5.38. The van der Waals surface area contributed by atoms with Crippen molar-refractivity contribution in [3.8, 4) is 11.5 Å². The molecule has 0 saturated heterocycles. The molecule has 0 spiro atoms. The molecule has 0 N–H and O–H groups in total. The number of ether oxygens (including phenoxy) is 2. The SMILES string of the molecule is CC.CCC1=C(C)CCCC1(C)C.Cc1ccc2c(c1)OCCO2. The number of benzene rings is 1. The van der Waals surface area contributed by atoms with Crippen molar-refractivity contribution in [1.29, 1.82) is 0 Å². The molecule has 24 heavy (non-hydrogen) atoms. The Balaban J connectivity index is 0.000000218. The minimum Gasteiger partial charge on any atom is -0.486 e. The van der Waals surface area contributed by atoms with Gasteiger partial charge in [0.05, 0.1) is 0 Å². The van der Waals surface area contributed by atoms with Crippen LogP contribution in [-0.4, -0.2) is 13.2 Å². The number of hydrogen-bond acceptors (Lipinski definition) is 2. The van der Waals surface area contributed by atoms with E-state index >= 15 is 0 Å². The smallest absolute Gasteiger partial charge is 0.161 e. The maximum absolute atomic E-state index is 5.38. The van der Waals surface area contributed by atoms with Crippen LogP contribution in [0.15, 0.2) is 29.3 Å². The largest absolute Gasteiger partial charge is 0.486 e. The number of hydrogen-bond donors (Lipinski definition) is 0. The molecule has 136 valence electrons. The fourth-order valence-corrected chi connectivity index (χ4v) is 3.61. The summed E-state index contributed by atoms with van der Waals surface area (Å²) in [4.78, 5) is 0. The first-order valence-corrected chi connectivity index (χ1v) is 9.49. The Labute approximate surface area is 149 Å². The topological polar surface area (TPSA) is 18.5 Å². The van der Waals surface area contributed by atoms with Gasteiger partial charge in [-0.15, -0.1) is 0 Å². The molecule has 0 amide bonds. The van der Waals surface area contributed by atoms with Gasteiger partial charge in [0.15, 0.2) is 11.5 Å². The first-order valence-electron chi connectivity index (χ1n) is 9.49. The van der Waals surface area contributed by atoms with Crippen molar-refractivity contribution in [2.45, 2.75) is 74.1 Å². The van der Waals surface area contributed by atoms with Gasteiger partial charge in [-0.05, 0) is 62.6 Å². The summed E-state index contributed by atoms with van der Waals surface area (Å²) in [5, 5.41) is 0. The van der Waals surface area contributed by atoms with E-state index in [1.165, 1.54) is 31.2 Å². The van der Waals surface area contributed by atoms with E-state index in [0.717, 1.165) is 11.5 Å². The minimum absolute atomic E-state index is 0.497. The third-order valence-corrected chi connectivity index (χ3v) is 4.74.